The van der Waals surface area contributed by atoms with E-state index < -0.39 is 36.4 Å². The predicted octanol–water partition coefficient (Wildman–Crippen LogP) is 7.25. The molecule has 0 radical (unpaired) electrons. The van der Waals surface area contributed by atoms with Gasteiger partial charge in [-0.25, -0.2) is 13.3 Å². The summed E-state index contributed by atoms with van der Waals surface area (Å²) in [7, 11) is -4.45. The molecule has 0 spiro atoms. The summed E-state index contributed by atoms with van der Waals surface area (Å²) in [6.07, 6.45) is 0. The van der Waals surface area contributed by atoms with Gasteiger partial charge in [0.15, 0.2) is 23.1 Å². The van der Waals surface area contributed by atoms with Crippen molar-refractivity contribution >= 4 is 25.2 Å². The molecule has 0 aromatic heterocycles. The Balaban J connectivity index is 1.88. The van der Waals surface area contributed by atoms with Gasteiger partial charge in [0.1, 0.15) is 0 Å². The van der Waals surface area contributed by atoms with Gasteiger partial charge in [0.25, 0.3) is 0 Å². The molecule has 0 fully saturated rings. The summed E-state index contributed by atoms with van der Waals surface area (Å²) in [6, 6.07) is 14.8. The molecule has 0 bridgehead atoms. The third-order valence-corrected chi connectivity index (χ3v) is 5.61. The fourth-order valence-corrected chi connectivity index (χ4v) is 4.20. The van der Waals surface area contributed by atoms with E-state index in [-0.39, 0.29) is 22.3 Å². The van der Waals surface area contributed by atoms with Crippen LogP contribution in [-0.2, 0) is 4.57 Å². The number of halogens is 5. The smallest absolute Gasteiger partial charge is 0.397 e. The Kier molecular flexibility index (Phi) is 6.58. The van der Waals surface area contributed by atoms with Gasteiger partial charge < -0.3 is 9.05 Å². The highest BCUT2D eigenvalue weighted by Gasteiger charge is 2.32. The minimum absolute atomic E-state index is 0.0533. The average Bonchev–Trinajstić information content (AvgIpc) is 2.66. The maximum atomic E-state index is 14.0. The molecule has 0 atom stereocenters. The average molecular weight is 461 g/mol. The summed E-state index contributed by atoms with van der Waals surface area (Å²) >= 11 is -0.322. The number of benzene rings is 3. The van der Waals surface area contributed by atoms with Crippen molar-refractivity contribution in [1.29, 1.82) is 0 Å². The molecule has 1 N–H and O–H groups in total. The third-order valence-electron chi connectivity index (χ3n) is 3.46. The van der Waals surface area contributed by atoms with Gasteiger partial charge in [-0.2, -0.15) is 13.2 Å². The Morgan fingerprint density at radius 3 is 1.67 bits per heavy atom. The zero-order chi connectivity index (χ0) is 21.8. The second-order valence-electron chi connectivity index (χ2n) is 5.72. The first-order valence-electron chi connectivity index (χ1n) is 8.26. The summed E-state index contributed by atoms with van der Waals surface area (Å²) in [5.74, 6) is -2.52. The Morgan fingerprint density at radius 2 is 1.23 bits per heavy atom. The monoisotopic (exact) mass is 461 g/mol. The molecule has 0 saturated heterocycles. The predicted molar refractivity (Wildman–Crippen MR) is 104 cm³/mol. The van der Waals surface area contributed by atoms with Crippen molar-refractivity contribution in [2.45, 2.75) is 10.4 Å². The first kappa shape index (κ1) is 22.0. The van der Waals surface area contributed by atoms with E-state index in [0.29, 0.717) is 0 Å². The molecule has 158 valence electrons. The highest BCUT2D eigenvalue weighted by molar-refractivity contribution is 8.00. The van der Waals surface area contributed by atoms with Crippen molar-refractivity contribution in [3.63, 3.8) is 0 Å². The van der Waals surface area contributed by atoms with E-state index in [4.69, 9.17) is 9.05 Å². The van der Waals surface area contributed by atoms with Gasteiger partial charge in [0.05, 0.1) is 0 Å². The van der Waals surface area contributed by atoms with E-state index in [1.165, 1.54) is 48.5 Å². The Bertz CT molecular complexity index is 1010. The molecule has 0 saturated carbocycles. The van der Waals surface area contributed by atoms with Crippen LogP contribution in [-0.4, -0.2) is 5.51 Å². The Hall–Kier alpha value is -2.71. The highest BCUT2D eigenvalue weighted by Crippen LogP contribution is 2.49. The lowest BCUT2D eigenvalue weighted by Crippen LogP contribution is -2.11. The lowest BCUT2D eigenvalue weighted by atomic mass is 10.3. The van der Waals surface area contributed by atoms with Gasteiger partial charge in [-0.15, -0.1) is 0 Å². The summed E-state index contributed by atoms with van der Waals surface area (Å²) in [6.45, 7) is 0. The van der Waals surface area contributed by atoms with Crippen LogP contribution in [0.2, 0.25) is 0 Å². The van der Waals surface area contributed by atoms with Crippen LogP contribution in [0, 0.1) is 11.6 Å². The number of alkyl halides is 3. The normalized spacial score (nSPS) is 11.8. The van der Waals surface area contributed by atoms with Gasteiger partial charge in [0.2, 0.25) is 0 Å². The molecule has 0 amide bonds. The molecule has 30 heavy (non-hydrogen) atoms. The molecule has 0 aliphatic rings. The van der Waals surface area contributed by atoms with Crippen LogP contribution >= 0.6 is 19.5 Å². The van der Waals surface area contributed by atoms with Crippen LogP contribution < -0.4 is 14.1 Å². The van der Waals surface area contributed by atoms with Gasteiger partial charge in [-0.3, -0.25) is 5.09 Å². The molecule has 0 aliphatic heterocycles. The molecule has 0 aliphatic carbocycles. The molecule has 3 aromatic rings. The van der Waals surface area contributed by atoms with E-state index in [1.54, 1.807) is 0 Å². The van der Waals surface area contributed by atoms with Crippen molar-refractivity contribution in [1.82, 2.24) is 0 Å². The van der Waals surface area contributed by atoms with Gasteiger partial charge in [-0.05, 0) is 60.3 Å². The van der Waals surface area contributed by atoms with E-state index >= 15 is 0 Å². The van der Waals surface area contributed by atoms with Crippen LogP contribution in [0.4, 0.5) is 27.6 Å². The molecular weight excluding hydrogens is 448 g/mol. The number of hydrogen-bond acceptors (Lipinski definition) is 4. The Labute approximate surface area is 172 Å². The largest absolute Gasteiger partial charge is 0.541 e. The zero-order valence-corrected chi connectivity index (χ0v) is 16.6. The van der Waals surface area contributed by atoms with E-state index in [1.807, 2.05) is 0 Å². The third kappa shape index (κ3) is 6.14. The number of para-hydroxylation sites is 2. The van der Waals surface area contributed by atoms with Crippen LogP contribution in [0.1, 0.15) is 0 Å². The molecular formula is C19H13F5NO3PS. The second kappa shape index (κ2) is 8.97. The van der Waals surface area contributed by atoms with Gasteiger partial charge in [-0.1, -0.05) is 24.3 Å². The first-order chi connectivity index (χ1) is 14.1. The maximum Gasteiger partial charge on any atom is 0.541 e. The first-order valence-corrected chi connectivity index (χ1v) is 10.6. The van der Waals surface area contributed by atoms with E-state index in [9.17, 15) is 26.5 Å². The molecule has 3 rings (SSSR count). The van der Waals surface area contributed by atoms with Crippen LogP contribution in [0.15, 0.2) is 77.7 Å². The number of rotatable bonds is 7. The lowest BCUT2D eigenvalue weighted by molar-refractivity contribution is -0.0328. The molecule has 0 unspecified atom stereocenters. The molecule has 11 heteroatoms. The standard InChI is InChI=1S/C19H13F5NO3PS/c20-15-5-1-3-7-17(15)27-29(26,28-18-8-4-2-6-16(18)21)25-13-9-11-14(12-10-13)30-19(22,23)24/h1-12H,(H,25,26). The van der Waals surface area contributed by atoms with E-state index in [2.05, 4.69) is 5.09 Å². The van der Waals surface area contributed by atoms with Crippen molar-refractivity contribution in [3.8, 4) is 11.5 Å². The summed E-state index contributed by atoms with van der Waals surface area (Å²) in [5.41, 5.74) is -4.41. The van der Waals surface area contributed by atoms with Gasteiger partial charge >= 0.3 is 13.3 Å². The quantitative estimate of drug-likeness (QED) is 0.228. The van der Waals surface area contributed by atoms with Crippen LogP contribution in [0.5, 0.6) is 11.5 Å². The summed E-state index contributed by atoms with van der Waals surface area (Å²) < 4.78 is 89.0. The molecule has 0 heterocycles. The van der Waals surface area contributed by atoms with Crippen LogP contribution in [0.25, 0.3) is 0 Å². The fourth-order valence-electron chi connectivity index (χ4n) is 2.25. The van der Waals surface area contributed by atoms with Gasteiger partial charge in [0, 0.05) is 10.6 Å². The second-order valence-corrected chi connectivity index (χ2v) is 8.45. The van der Waals surface area contributed by atoms with Crippen molar-refractivity contribution in [3.05, 3.63) is 84.4 Å². The zero-order valence-electron chi connectivity index (χ0n) is 14.9. The number of nitrogens with one attached hydrogen (secondary N) is 1. The fraction of sp³-hybridized carbons (Fsp3) is 0.0526. The maximum absolute atomic E-state index is 14.0. The highest BCUT2D eigenvalue weighted by atomic mass is 32.2. The molecule has 4 nitrogen and oxygen atoms in total. The minimum atomic E-state index is -4.47. The number of hydrogen-bond donors (Lipinski definition) is 1. The van der Waals surface area contributed by atoms with E-state index in [0.717, 1.165) is 24.3 Å². The number of thioether (sulfide) groups is 1. The van der Waals surface area contributed by atoms with Crippen molar-refractivity contribution in [2.24, 2.45) is 0 Å². The summed E-state index contributed by atoms with van der Waals surface area (Å²) in [4.78, 5) is -0.104. The molecule has 3 aromatic carbocycles. The van der Waals surface area contributed by atoms with Crippen molar-refractivity contribution in [2.75, 3.05) is 5.09 Å². The Morgan fingerprint density at radius 1 is 0.767 bits per heavy atom. The topological polar surface area (TPSA) is 47.6 Å². The SMILES string of the molecule is O=P(Nc1ccc(SC(F)(F)F)cc1)(Oc1ccccc1F)Oc1ccccc1F. The van der Waals surface area contributed by atoms with Crippen LogP contribution in [0.3, 0.4) is 0 Å². The van der Waals surface area contributed by atoms with Crippen molar-refractivity contribution < 1.29 is 35.6 Å². The summed E-state index contributed by atoms with van der Waals surface area (Å²) in [5, 5.41) is 2.38. The number of anilines is 1. The minimum Gasteiger partial charge on any atom is -0.397 e. The lowest BCUT2D eigenvalue weighted by Gasteiger charge is -2.21.